The van der Waals surface area contributed by atoms with Crippen molar-refractivity contribution in [1.82, 2.24) is 9.78 Å². The van der Waals surface area contributed by atoms with E-state index in [9.17, 15) is 5.11 Å². The molecule has 0 aliphatic heterocycles. The van der Waals surface area contributed by atoms with Crippen LogP contribution in [-0.2, 0) is 6.54 Å². The molecule has 2 rings (SSSR count). The second kappa shape index (κ2) is 5.21. The summed E-state index contributed by atoms with van der Waals surface area (Å²) in [5.41, 5.74) is 1.43. The van der Waals surface area contributed by atoms with Crippen molar-refractivity contribution >= 4 is 27.5 Å². The molecule has 3 nitrogen and oxygen atoms in total. The molecule has 1 unspecified atom stereocenters. The van der Waals surface area contributed by atoms with E-state index in [2.05, 4.69) is 21.0 Å². The molecular weight excluding hydrogens is 304 g/mol. The van der Waals surface area contributed by atoms with Gasteiger partial charge in [0.25, 0.3) is 0 Å². The molecule has 0 aliphatic rings. The van der Waals surface area contributed by atoms with E-state index in [1.807, 2.05) is 19.1 Å². The van der Waals surface area contributed by atoms with Crippen LogP contribution in [0.4, 0.5) is 0 Å². The fraction of sp³-hybridized carbons (Fsp3) is 0.250. The zero-order valence-electron chi connectivity index (χ0n) is 9.27. The molecule has 0 aliphatic carbocycles. The predicted molar refractivity (Wildman–Crippen MR) is 71.1 cm³/mol. The first-order chi connectivity index (χ1) is 8.13. The lowest BCUT2D eigenvalue weighted by atomic mass is 10.1. The number of hydrogen-bond donors (Lipinski definition) is 1. The van der Waals surface area contributed by atoms with Crippen LogP contribution in [0.25, 0.3) is 0 Å². The smallest absolute Gasteiger partial charge is 0.122 e. The number of hydrogen-bond acceptors (Lipinski definition) is 2. The fourth-order valence-corrected chi connectivity index (χ4v) is 2.50. The Morgan fingerprint density at radius 2 is 2.24 bits per heavy atom. The van der Waals surface area contributed by atoms with Crippen LogP contribution in [0.2, 0.25) is 5.02 Å². The van der Waals surface area contributed by atoms with Gasteiger partial charge in [-0.2, -0.15) is 5.10 Å². The van der Waals surface area contributed by atoms with Crippen molar-refractivity contribution in [3.8, 4) is 0 Å². The molecule has 1 atom stereocenters. The summed E-state index contributed by atoms with van der Waals surface area (Å²) in [5, 5.41) is 15.0. The Morgan fingerprint density at radius 3 is 2.88 bits per heavy atom. The molecule has 0 spiro atoms. The number of aliphatic hydroxyl groups is 1. The molecule has 2 aromatic rings. The Morgan fingerprint density at radius 1 is 1.47 bits per heavy atom. The lowest BCUT2D eigenvalue weighted by Crippen LogP contribution is -2.09. The van der Waals surface area contributed by atoms with Gasteiger partial charge in [-0.25, -0.2) is 0 Å². The monoisotopic (exact) mass is 314 g/mol. The zero-order chi connectivity index (χ0) is 12.4. The van der Waals surface area contributed by atoms with E-state index < -0.39 is 6.10 Å². The van der Waals surface area contributed by atoms with E-state index in [-0.39, 0.29) is 0 Å². The van der Waals surface area contributed by atoms with Gasteiger partial charge in [-0.3, -0.25) is 4.68 Å². The van der Waals surface area contributed by atoms with Gasteiger partial charge in [0.15, 0.2) is 0 Å². The van der Waals surface area contributed by atoms with Crippen molar-refractivity contribution in [1.29, 1.82) is 0 Å². The zero-order valence-corrected chi connectivity index (χ0v) is 11.6. The van der Waals surface area contributed by atoms with E-state index in [0.29, 0.717) is 17.1 Å². The minimum atomic E-state index is -0.752. The van der Waals surface area contributed by atoms with Gasteiger partial charge >= 0.3 is 0 Å². The minimum absolute atomic E-state index is 0.538. The Balaban J connectivity index is 2.40. The number of benzene rings is 1. The molecule has 1 aromatic carbocycles. The average molecular weight is 316 g/mol. The highest BCUT2D eigenvalue weighted by molar-refractivity contribution is 9.10. The highest BCUT2D eigenvalue weighted by Crippen LogP contribution is 2.30. The highest BCUT2D eigenvalue weighted by Gasteiger charge is 2.17. The molecule has 0 saturated heterocycles. The van der Waals surface area contributed by atoms with Crippen molar-refractivity contribution in [2.24, 2.45) is 0 Å². The van der Waals surface area contributed by atoms with Crippen molar-refractivity contribution in [2.75, 3.05) is 0 Å². The third-order valence-corrected chi connectivity index (χ3v) is 3.41. The molecular formula is C12H12BrClN2O. The molecule has 0 fully saturated rings. The van der Waals surface area contributed by atoms with Gasteiger partial charge in [0.05, 0.1) is 5.69 Å². The molecule has 0 bridgehead atoms. The lowest BCUT2D eigenvalue weighted by molar-refractivity contribution is 0.208. The fourth-order valence-electron chi connectivity index (χ4n) is 1.72. The van der Waals surface area contributed by atoms with E-state index >= 15 is 0 Å². The van der Waals surface area contributed by atoms with Gasteiger partial charge in [0.1, 0.15) is 6.10 Å². The first-order valence-corrected chi connectivity index (χ1v) is 6.45. The van der Waals surface area contributed by atoms with E-state index in [1.54, 1.807) is 23.0 Å². The van der Waals surface area contributed by atoms with Crippen molar-refractivity contribution < 1.29 is 5.11 Å². The van der Waals surface area contributed by atoms with Gasteiger partial charge < -0.3 is 5.11 Å². The third-order valence-electron chi connectivity index (χ3n) is 2.59. The van der Waals surface area contributed by atoms with Crippen LogP contribution >= 0.6 is 27.5 Å². The first-order valence-electron chi connectivity index (χ1n) is 5.28. The van der Waals surface area contributed by atoms with Crippen molar-refractivity contribution in [2.45, 2.75) is 19.6 Å². The van der Waals surface area contributed by atoms with Gasteiger partial charge in [0, 0.05) is 27.8 Å². The molecule has 90 valence electrons. The summed E-state index contributed by atoms with van der Waals surface area (Å²) >= 11 is 9.46. The largest absolute Gasteiger partial charge is 0.382 e. The SMILES string of the molecule is CCn1nccc1C(O)c1ccc(Br)cc1Cl. The second-order valence-corrected chi connectivity index (χ2v) is 4.96. The van der Waals surface area contributed by atoms with Crippen LogP contribution in [0.5, 0.6) is 0 Å². The molecule has 0 saturated carbocycles. The maximum atomic E-state index is 10.3. The third kappa shape index (κ3) is 2.54. The maximum absolute atomic E-state index is 10.3. The topological polar surface area (TPSA) is 38.0 Å². The summed E-state index contributed by atoms with van der Waals surface area (Å²) < 4.78 is 2.64. The summed E-state index contributed by atoms with van der Waals surface area (Å²) in [6.07, 6.45) is 0.924. The average Bonchev–Trinajstić information content (AvgIpc) is 2.76. The quantitative estimate of drug-likeness (QED) is 0.942. The molecule has 17 heavy (non-hydrogen) atoms. The van der Waals surface area contributed by atoms with E-state index in [0.717, 1.165) is 10.2 Å². The number of aryl methyl sites for hydroxylation is 1. The summed E-state index contributed by atoms with van der Waals surface area (Å²) in [6, 6.07) is 7.24. The first kappa shape index (κ1) is 12.6. The number of nitrogens with zero attached hydrogens (tertiary/aromatic N) is 2. The minimum Gasteiger partial charge on any atom is -0.382 e. The Labute approximate surface area is 113 Å². The number of rotatable bonds is 3. The Hall–Kier alpha value is -0.840. The summed E-state index contributed by atoms with van der Waals surface area (Å²) in [4.78, 5) is 0. The summed E-state index contributed by atoms with van der Waals surface area (Å²) in [6.45, 7) is 2.69. The van der Waals surface area contributed by atoms with Crippen LogP contribution in [0.1, 0.15) is 24.3 Å². The van der Waals surface area contributed by atoms with Crippen LogP contribution in [0.3, 0.4) is 0 Å². The predicted octanol–water partition coefficient (Wildman–Crippen LogP) is 3.40. The lowest BCUT2D eigenvalue weighted by Gasteiger charge is -2.14. The maximum Gasteiger partial charge on any atom is 0.122 e. The van der Waals surface area contributed by atoms with Crippen LogP contribution < -0.4 is 0 Å². The molecule has 0 amide bonds. The van der Waals surface area contributed by atoms with Crippen molar-refractivity contribution in [3.05, 3.63) is 51.2 Å². The normalized spacial score (nSPS) is 12.7. The summed E-state index contributed by atoms with van der Waals surface area (Å²) in [7, 11) is 0. The van der Waals surface area contributed by atoms with Crippen molar-refractivity contribution in [3.63, 3.8) is 0 Å². The number of aromatic nitrogens is 2. The molecule has 1 aromatic heterocycles. The molecule has 1 heterocycles. The Bertz CT molecular complexity index is 527. The highest BCUT2D eigenvalue weighted by atomic mass is 79.9. The van der Waals surface area contributed by atoms with E-state index in [1.165, 1.54) is 0 Å². The molecule has 0 radical (unpaired) electrons. The van der Waals surface area contributed by atoms with Crippen LogP contribution in [0, 0.1) is 0 Å². The molecule has 5 heteroatoms. The second-order valence-electron chi connectivity index (χ2n) is 3.64. The van der Waals surface area contributed by atoms with Gasteiger partial charge in [-0.1, -0.05) is 33.6 Å². The molecule has 1 N–H and O–H groups in total. The number of halogens is 2. The standard InChI is InChI=1S/C12H12BrClN2O/c1-2-16-11(5-6-15-16)12(17)9-4-3-8(13)7-10(9)14/h3-7,12,17H,2H2,1H3. The number of aliphatic hydroxyl groups excluding tert-OH is 1. The van der Waals surface area contributed by atoms with Gasteiger partial charge in [-0.05, 0) is 25.1 Å². The summed E-state index contributed by atoms with van der Waals surface area (Å²) in [5.74, 6) is 0. The van der Waals surface area contributed by atoms with Crippen LogP contribution in [0.15, 0.2) is 34.9 Å². The van der Waals surface area contributed by atoms with E-state index in [4.69, 9.17) is 11.6 Å². The van der Waals surface area contributed by atoms with Gasteiger partial charge in [-0.15, -0.1) is 0 Å². The van der Waals surface area contributed by atoms with Gasteiger partial charge in [0.2, 0.25) is 0 Å². The van der Waals surface area contributed by atoms with Crippen LogP contribution in [-0.4, -0.2) is 14.9 Å². The Kier molecular flexibility index (Phi) is 3.86.